The SMILES string of the molecule is CN(C)C(CNC(=O)NCC1CCOC1)c1cccs1. The molecule has 0 radical (unpaired) electrons. The number of nitrogens with zero attached hydrogens (tertiary/aromatic N) is 1. The second kappa shape index (κ2) is 7.61. The Morgan fingerprint density at radius 1 is 1.55 bits per heavy atom. The van der Waals surface area contributed by atoms with Gasteiger partial charge in [0.1, 0.15) is 0 Å². The molecule has 20 heavy (non-hydrogen) atoms. The first-order valence-corrected chi connectivity index (χ1v) is 7.84. The molecular formula is C14H23N3O2S. The van der Waals surface area contributed by atoms with Crippen LogP contribution < -0.4 is 10.6 Å². The molecule has 1 fully saturated rings. The van der Waals surface area contributed by atoms with Crippen LogP contribution in [0.1, 0.15) is 17.3 Å². The predicted octanol–water partition coefficient (Wildman–Crippen LogP) is 1.69. The first kappa shape index (κ1) is 15.3. The van der Waals surface area contributed by atoms with E-state index in [0.29, 0.717) is 19.0 Å². The Hall–Kier alpha value is -1.11. The smallest absolute Gasteiger partial charge is 0.314 e. The molecular weight excluding hydrogens is 274 g/mol. The van der Waals surface area contributed by atoms with Crippen molar-refractivity contribution < 1.29 is 9.53 Å². The second-order valence-electron chi connectivity index (χ2n) is 5.32. The van der Waals surface area contributed by atoms with Gasteiger partial charge in [-0.3, -0.25) is 0 Å². The van der Waals surface area contributed by atoms with E-state index in [4.69, 9.17) is 4.74 Å². The fourth-order valence-electron chi connectivity index (χ4n) is 2.25. The lowest BCUT2D eigenvalue weighted by Gasteiger charge is -2.23. The van der Waals surface area contributed by atoms with E-state index >= 15 is 0 Å². The summed E-state index contributed by atoms with van der Waals surface area (Å²) in [6, 6.07) is 4.26. The summed E-state index contributed by atoms with van der Waals surface area (Å²) in [4.78, 5) is 15.2. The molecule has 2 rings (SSSR count). The Labute approximate surface area is 124 Å². The fraction of sp³-hybridized carbons (Fsp3) is 0.643. The summed E-state index contributed by atoms with van der Waals surface area (Å²) in [6.07, 6.45) is 1.04. The highest BCUT2D eigenvalue weighted by atomic mass is 32.1. The van der Waals surface area contributed by atoms with Crippen molar-refractivity contribution in [2.24, 2.45) is 5.92 Å². The van der Waals surface area contributed by atoms with Crippen molar-refractivity contribution in [2.75, 3.05) is 40.4 Å². The maximum atomic E-state index is 11.8. The van der Waals surface area contributed by atoms with Gasteiger partial charge in [-0.1, -0.05) is 6.07 Å². The molecule has 0 aliphatic carbocycles. The molecule has 0 spiro atoms. The molecule has 2 N–H and O–H groups in total. The van der Waals surface area contributed by atoms with Crippen LogP contribution in [0.4, 0.5) is 4.79 Å². The van der Waals surface area contributed by atoms with Gasteiger partial charge >= 0.3 is 6.03 Å². The molecule has 0 aromatic carbocycles. The molecule has 2 atom stereocenters. The molecule has 1 aromatic heterocycles. The van der Waals surface area contributed by atoms with Crippen LogP contribution in [0.2, 0.25) is 0 Å². The zero-order valence-electron chi connectivity index (χ0n) is 12.1. The van der Waals surface area contributed by atoms with Gasteiger partial charge in [0.25, 0.3) is 0 Å². The number of urea groups is 1. The van der Waals surface area contributed by atoms with Crippen LogP contribution in [-0.2, 0) is 4.74 Å². The number of amides is 2. The Kier molecular flexibility index (Phi) is 5.82. The van der Waals surface area contributed by atoms with Crippen LogP contribution in [-0.4, -0.2) is 51.3 Å². The molecule has 2 unspecified atom stereocenters. The van der Waals surface area contributed by atoms with Gasteiger partial charge in [-0.05, 0) is 32.0 Å². The normalized spacial score (nSPS) is 20.1. The van der Waals surface area contributed by atoms with Gasteiger partial charge in [0.15, 0.2) is 0 Å². The Morgan fingerprint density at radius 3 is 3.00 bits per heavy atom. The van der Waals surface area contributed by atoms with E-state index < -0.39 is 0 Å². The lowest BCUT2D eigenvalue weighted by molar-refractivity contribution is 0.185. The van der Waals surface area contributed by atoms with Crippen molar-refractivity contribution >= 4 is 17.4 Å². The van der Waals surface area contributed by atoms with Gasteiger partial charge in [0.2, 0.25) is 0 Å². The summed E-state index contributed by atoms with van der Waals surface area (Å²) in [7, 11) is 4.06. The summed E-state index contributed by atoms with van der Waals surface area (Å²) in [6.45, 7) is 2.88. The number of rotatable bonds is 6. The third-order valence-electron chi connectivity index (χ3n) is 3.53. The maximum absolute atomic E-state index is 11.8. The molecule has 1 aliphatic heterocycles. The van der Waals surface area contributed by atoms with Gasteiger partial charge in [-0.15, -0.1) is 11.3 Å². The molecule has 2 amide bonds. The van der Waals surface area contributed by atoms with Crippen LogP contribution in [0.25, 0.3) is 0 Å². The Morgan fingerprint density at radius 2 is 2.40 bits per heavy atom. The van der Waals surface area contributed by atoms with Crippen molar-refractivity contribution in [2.45, 2.75) is 12.5 Å². The van der Waals surface area contributed by atoms with Crippen molar-refractivity contribution in [3.63, 3.8) is 0 Å². The number of carbonyl (C=O) groups is 1. The van der Waals surface area contributed by atoms with E-state index in [1.807, 2.05) is 20.2 Å². The van der Waals surface area contributed by atoms with Crippen molar-refractivity contribution in [3.05, 3.63) is 22.4 Å². The number of likely N-dealkylation sites (N-methyl/N-ethyl adjacent to an activating group) is 1. The number of hydrogen-bond acceptors (Lipinski definition) is 4. The molecule has 1 aliphatic rings. The van der Waals surface area contributed by atoms with E-state index in [-0.39, 0.29) is 12.1 Å². The number of hydrogen-bond donors (Lipinski definition) is 2. The maximum Gasteiger partial charge on any atom is 0.314 e. The van der Waals surface area contributed by atoms with Crippen molar-refractivity contribution in [3.8, 4) is 0 Å². The molecule has 112 valence electrons. The minimum atomic E-state index is -0.0969. The largest absolute Gasteiger partial charge is 0.381 e. The van der Waals surface area contributed by atoms with Gasteiger partial charge in [0, 0.05) is 30.5 Å². The fourth-order valence-corrected chi connectivity index (χ4v) is 3.17. The molecule has 0 bridgehead atoms. The van der Waals surface area contributed by atoms with Crippen LogP contribution in [0.15, 0.2) is 17.5 Å². The van der Waals surface area contributed by atoms with E-state index in [1.54, 1.807) is 11.3 Å². The van der Waals surface area contributed by atoms with E-state index in [1.165, 1.54) is 4.88 Å². The molecule has 1 saturated heterocycles. The summed E-state index contributed by atoms with van der Waals surface area (Å²) < 4.78 is 5.29. The average Bonchev–Trinajstić information content (AvgIpc) is 3.09. The molecule has 6 heteroatoms. The average molecular weight is 297 g/mol. The van der Waals surface area contributed by atoms with Crippen LogP contribution >= 0.6 is 11.3 Å². The lowest BCUT2D eigenvalue weighted by atomic mass is 10.1. The van der Waals surface area contributed by atoms with Gasteiger partial charge < -0.3 is 20.3 Å². The first-order chi connectivity index (χ1) is 9.66. The van der Waals surface area contributed by atoms with Crippen LogP contribution in [0.3, 0.4) is 0 Å². The quantitative estimate of drug-likeness (QED) is 0.840. The minimum Gasteiger partial charge on any atom is -0.381 e. The topological polar surface area (TPSA) is 53.6 Å². The highest BCUT2D eigenvalue weighted by Crippen LogP contribution is 2.22. The standard InChI is InChI=1S/C14H23N3O2S/c1-17(2)12(13-4-3-7-20-13)9-16-14(18)15-8-11-5-6-19-10-11/h3-4,7,11-12H,5-6,8-10H2,1-2H3,(H2,15,16,18). The zero-order valence-corrected chi connectivity index (χ0v) is 12.9. The van der Waals surface area contributed by atoms with E-state index in [2.05, 4.69) is 27.0 Å². The summed E-state index contributed by atoms with van der Waals surface area (Å²) in [5.41, 5.74) is 0. The number of nitrogens with one attached hydrogen (secondary N) is 2. The second-order valence-corrected chi connectivity index (χ2v) is 6.29. The molecule has 0 saturated carbocycles. The van der Waals surface area contributed by atoms with Crippen molar-refractivity contribution in [1.29, 1.82) is 0 Å². The third kappa shape index (κ3) is 4.47. The lowest BCUT2D eigenvalue weighted by Crippen LogP contribution is -2.42. The van der Waals surface area contributed by atoms with Crippen molar-refractivity contribution in [1.82, 2.24) is 15.5 Å². The number of ether oxygens (including phenoxy) is 1. The number of carbonyl (C=O) groups excluding carboxylic acids is 1. The highest BCUT2D eigenvalue weighted by molar-refractivity contribution is 7.10. The van der Waals surface area contributed by atoms with E-state index in [0.717, 1.165) is 19.6 Å². The summed E-state index contributed by atoms with van der Waals surface area (Å²) in [5, 5.41) is 7.93. The minimum absolute atomic E-state index is 0.0969. The zero-order chi connectivity index (χ0) is 14.4. The molecule has 2 heterocycles. The number of thiophene rings is 1. The van der Waals surface area contributed by atoms with Crippen LogP contribution in [0, 0.1) is 5.92 Å². The molecule has 5 nitrogen and oxygen atoms in total. The third-order valence-corrected chi connectivity index (χ3v) is 4.50. The monoisotopic (exact) mass is 297 g/mol. The summed E-state index contributed by atoms with van der Waals surface area (Å²) >= 11 is 1.71. The molecule has 1 aromatic rings. The highest BCUT2D eigenvalue weighted by Gasteiger charge is 2.18. The van der Waals surface area contributed by atoms with Gasteiger partial charge in [-0.2, -0.15) is 0 Å². The predicted molar refractivity (Wildman–Crippen MR) is 81.1 cm³/mol. The Balaban J connectivity index is 1.73. The van der Waals surface area contributed by atoms with Gasteiger partial charge in [0.05, 0.1) is 12.6 Å². The Bertz CT molecular complexity index is 403. The first-order valence-electron chi connectivity index (χ1n) is 6.96. The van der Waals surface area contributed by atoms with Gasteiger partial charge in [-0.25, -0.2) is 4.79 Å². The van der Waals surface area contributed by atoms with E-state index in [9.17, 15) is 4.79 Å². The summed E-state index contributed by atoms with van der Waals surface area (Å²) in [5.74, 6) is 0.461. The van der Waals surface area contributed by atoms with Crippen LogP contribution in [0.5, 0.6) is 0 Å².